The van der Waals surface area contributed by atoms with E-state index in [0.717, 1.165) is 5.56 Å². The molecule has 14 heavy (non-hydrogen) atoms. The first-order valence-electron chi connectivity index (χ1n) is 4.20. The molecule has 0 aliphatic rings. The lowest BCUT2D eigenvalue weighted by Crippen LogP contribution is -2.01. The van der Waals surface area contributed by atoms with Gasteiger partial charge in [-0.15, -0.1) is 6.58 Å². The minimum Gasteiger partial charge on any atom is -0.299 e. The van der Waals surface area contributed by atoms with Gasteiger partial charge in [0.15, 0.2) is 0 Å². The van der Waals surface area contributed by atoms with Crippen molar-refractivity contribution in [1.82, 2.24) is 0 Å². The molecule has 0 radical (unpaired) electrons. The maximum Gasteiger partial charge on any atom is 0.141 e. The quantitative estimate of drug-likeness (QED) is 0.719. The molecule has 3 heteroatoms. The van der Waals surface area contributed by atoms with Gasteiger partial charge in [-0.05, 0) is 23.8 Å². The van der Waals surface area contributed by atoms with E-state index in [9.17, 15) is 4.79 Å². The fourth-order valence-corrected chi connectivity index (χ4v) is 1.50. The van der Waals surface area contributed by atoms with E-state index in [1.54, 1.807) is 24.3 Å². The number of ketones is 1. The highest BCUT2D eigenvalue weighted by atomic mass is 35.5. The molecule has 0 amide bonds. The van der Waals surface area contributed by atoms with E-state index in [0.29, 0.717) is 22.9 Å². The fraction of sp³-hybridized carbons (Fsp3) is 0.182. The monoisotopic (exact) mass is 228 g/mol. The van der Waals surface area contributed by atoms with Crippen LogP contribution in [0.25, 0.3) is 0 Å². The van der Waals surface area contributed by atoms with Crippen molar-refractivity contribution in [3.05, 3.63) is 46.5 Å². The van der Waals surface area contributed by atoms with Gasteiger partial charge in [-0.2, -0.15) is 0 Å². The van der Waals surface area contributed by atoms with E-state index in [1.807, 2.05) is 0 Å². The summed E-state index contributed by atoms with van der Waals surface area (Å²) in [6.45, 7) is 3.50. The second-order valence-corrected chi connectivity index (χ2v) is 3.79. The number of allylic oxidation sites excluding steroid dienone is 1. The van der Waals surface area contributed by atoms with Crippen LogP contribution < -0.4 is 0 Å². The van der Waals surface area contributed by atoms with Crippen molar-refractivity contribution in [2.45, 2.75) is 12.8 Å². The first kappa shape index (κ1) is 11.3. The summed E-state index contributed by atoms with van der Waals surface area (Å²) in [6, 6.07) is 5.11. The first-order valence-corrected chi connectivity index (χ1v) is 4.95. The van der Waals surface area contributed by atoms with Gasteiger partial charge in [0.25, 0.3) is 0 Å². The van der Waals surface area contributed by atoms with Gasteiger partial charge in [-0.1, -0.05) is 29.3 Å². The highest BCUT2D eigenvalue weighted by Crippen LogP contribution is 2.21. The molecule has 0 aliphatic carbocycles. The summed E-state index contributed by atoms with van der Waals surface area (Å²) in [5, 5.41) is 1.17. The number of rotatable bonds is 4. The summed E-state index contributed by atoms with van der Waals surface area (Å²) < 4.78 is 0. The van der Waals surface area contributed by atoms with Gasteiger partial charge in [-0.3, -0.25) is 4.79 Å². The third-order valence-electron chi connectivity index (χ3n) is 1.77. The molecule has 0 atom stereocenters. The Kier molecular flexibility index (Phi) is 4.18. The molecule has 0 heterocycles. The van der Waals surface area contributed by atoms with Crippen molar-refractivity contribution in [3.63, 3.8) is 0 Å². The Labute approximate surface area is 93.3 Å². The smallest absolute Gasteiger partial charge is 0.141 e. The molecular weight excluding hydrogens is 219 g/mol. The molecule has 1 nitrogen and oxygen atoms in total. The van der Waals surface area contributed by atoms with Crippen molar-refractivity contribution in [2.75, 3.05) is 0 Å². The number of Topliss-reactive ketones (excluding diaryl/α,β-unsaturated/α-hetero) is 1. The van der Waals surface area contributed by atoms with Crippen LogP contribution in [-0.4, -0.2) is 5.78 Å². The third-order valence-corrected chi connectivity index (χ3v) is 2.37. The number of carbonyl (C=O) groups is 1. The van der Waals surface area contributed by atoms with Crippen LogP contribution in [0.15, 0.2) is 30.9 Å². The molecular formula is C11H10Cl2O. The average Bonchev–Trinajstić information content (AvgIpc) is 2.12. The first-order chi connectivity index (χ1) is 6.63. The largest absolute Gasteiger partial charge is 0.299 e. The van der Waals surface area contributed by atoms with E-state index in [-0.39, 0.29) is 5.78 Å². The lowest BCUT2D eigenvalue weighted by atomic mass is 10.1. The van der Waals surface area contributed by atoms with Crippen LogP contribution in [0.2, 0.25) is 10.0 Å². The molecule has 0 saturated heterocycles. The van der Waals surface area contributed by atoms with Crippen LogP contribution in [0.4, 0.5) is 0 Å². The van der Waals surface area contributed by atoms with Gasteiger partial charge in [-0.25, -0.2) is 0 Å². The predicted molar refractivity (Wildman–Crippen MR) is 60.0 cm³/mol. The molecule has 0 aliphatic heterocycles. The van der Waals surface area contributed by atoms with Gasteiger partial charge in [0, 0.05) is 22.9 Å². The van der Waals surface area contributed by atoms with Crippen LogP contribution in [-0.2, 0) is 11.2 Å². The molecule has 0 unspecified atom stereocenters. The summed E-state index contributed by atoms with van der Waals surface area (Å²) in [5.74, 6) is 0.0872. The maximum absolute atomic E-state index is 11.3. The number of benzene rings is 1. The molecule has 1 aromatic rings. The summed E-state index contributed by atoms with van der Waals surface area (Å²) >= 11 is 11.7. The van der Waals surface area contributed by atoms with E-state index in [2.05, 4.69) is 6.58 Å². The SMILES string of the molecule is C=CCC(=O)Cc1cc(Cl)ccc1Cl. The van der Waals surface area contributed by atoms with Gasteiger partial charge in [0.1, 0.15) is 5.78 Å². The number of carbonyl (C=O) groups excluding carboxylic acids is 1. The Balaban J connectivity index is 2.80. The Morgan fingerprint density at radius 3 is 2.79 bits per heavy atom. The normalized spacial score (nSPS) is 9.86. The summed E-state index contributed by atoms with van der Waals surface area (Å²) in [6.07, 6.45) is 2.26. The van der Waals surface area contributed by atoms with E-state index in [1.165, 1.54) is 0 Å². The molecule has 0 N–H and O–H groups in total. The Hall–Kier alpha value is -0.790. The zero-order chi connectivity index (χ0) is 10.6. The van der Waals surface area contributed by atoms with Gasteiger partial charge in [0.2, 0.25) is 0 Å². The predicted octanol–water partition coefficient (Wildman–Crippen LogP) is 3.68. The second kappa shape index (κ2) is 5.18. The summed E-state index contributed by atoms with van der Waals surface area (Å²) in [5.41, 5.74) is 0.769. The lowest BCUT2D eigenvalue weighted by molar-refractivity contribution is -0.117. The fourth-order valence-electron chi connectivity index (χ4n) is 1.12. The summed E-state index contributed by atoms with van der Waals surface area (Å²) in [4.78, 5) is 11.3. The van der Waals surface area contributed by atoms with E-state index in [4.69, 9.17) is 23.2 Å². The Morgan fingerprint density at radius 1 is 1.43 bits per heavy atom. The number of halogens is 2. The molecule has 0 saturated carbocycles. The standard InChI is InChI=1S/C11H10Cl2O/c1-2-3-10(14)7-8-6-9(12)4-5-11(8)13/h2,4-6H,1,3,7H2. The van der Waals surface area contributed by atoms with Crippen LogP contribution in [0.1, 0.15) is 12.0 Å². The van der Waals surface area contributed by atoms with Crippen LogP contribution in [0, 0.1) is 0 Å². The highest BCUT2D eigenvalue weighted by molar-refractivity contribution is 6.33. The number of hydrogen-bond acceptors (Lipinski definition) is 1. The average molecular weight is 229 g/mol. The highest BCUT2D eigenvalue weighted by Gasteiger charge is 2.06. The minimum absolute atomic E-state index is 0.0872. The zero-order valence-electron chi connectivity index (χ0n) is 7.59. The second-order valence-electron chi connectivity index (χ2n) is 2.94. The minimum atomic E-state index is 0.0872. The zero-order valence-corrected chi connectivity index (χ0v) is 9.11. The molecule has 1 aromatic carbocycles. The van der Waals surface area contributed by atoms with E-state index >= 15 is 0 Å². The molecule has 74 valence electrons. The Bertz CT molecular complexity index is 358. The van der Waals surface area contributed by atoms with Crippen LogP contribution in [0.3, 0.4) is 0 Å². The molecule has 0 fully saturated rings. The van der Waals surface area contributed by atoms with Crippen LogP contribution >= 0.6 is 23.2 Å². The van der Waals surface area contributed by atoms with Gasteiger partial charge >= 0.3 is 0 Å². The third kappa shape index (κ3) is 3.17. The van der Waals surface area contributed by atoms with Crippen molar-refractivity contribution < 1.29 is 4.79 Å². The summed E-state index contributed by atoms with van der Waals surface area (Å²) in [7, 11) is 0. The van der Waals surface area contributed by atoms with E-state index < -0.39 is 0 Å². The maximum atomic E-state index is 11.3. The van der Waals surface area contributed by atoms with Gasteiger partial charge in [0.05, 0.1) is 0 Å². The lowest BCUT2D eigenvalue weighted by Gasteiger charge is -2.02. The van der Waals surface area contributed by atoms with Crippen molar-refractivity contribution in [1.29, 1.82) is 0 Å². The topological polar surface area (TPSA) is 17.1 Å². The molecule has 0 spiro atoms. The number of hydrogen-bond donors (Lipinski definition) is 0. The molecule has 0 bridgehead atoms. The van der Waals surface area contributed by atoms with Crippen molar-refractivity contribution >= 4 is 29.0 Å². The van der Waals surface area contributed by atoms with Crippen LogP contribution in [0.5, 0.6) is 0 Å². The Morgan fingerprint density at radius 2 is 2.14 bits per heavy atom. The van der Waals surface area contributed by atoms with Gasteiger partial charge < -0.3 is 0 Å². The van der Waals surface area contributed by atoms with Crippen molar-refractivity contribution in [3.8, 4) is 0 Å². The molecule has 1 rings (SSSR count). The molecule has 0 aromatic heterocycles. The van der Waals surface area contributed by atoms with Crippen molar-refractivity contribution in [2.24, 2.45) is 0 Å².